The molecule has 20 heavy (non-hydrogen) atoms. The van der Waals surface area contributed by atoms with Crippen LogP contribution in [0.1, 0.15) is 30.7 Å². The Balaban J connectivity index is 2.10. The minimum atomic E-state index is 0.542. The summed E-state index contributed by atoms with van der Waals surface area (Å²) in [5, 5.41) is 0. The van der Waals surface area contributed by atoms with Gasteiger partial charge in [-0.25, -0.2) is 4.98 Å². The van der Waals surface area contributed by atoms with Gasteiger partial charge in [0.15, 0.2) is 0 Å². The second-order valence-corrected chi connectivity index (χ2v) is 6.47. The third-order valence-corrected chi connectivity index (χ3v) is 4.15. The van der Waals surface area contributed by atoms with Gasteiger partial charge in [-0.2, -0.15) is 0 Å². The number of aryl methyl sites for hydroxylation is 2. The SMILES string of the molecule is Cc1cc(C)c(CCl)c(N2CCN(CC(C)C)CC2)n1. The molecule has 4 heteroatoms. The molecule has 0 amide bonds. The van der Waals surface area contributed by atoms with Crippen LogP contribution in [0.5, 0.6) is 0 Å². The summed E-state index contributed by atoms with van der Waals surface area (Å²) in [6.45, 7) is 14.3. The number of halogens is 1. The monoisotopic (exact) mass is 295 g/mol. The number of aromatic nitrogens is 1. The second kappa shape index (κ2) is 6.77. The van der Waals surface area contributed by atoms with Gasteiger partial charge in [0.25, 0.3) is 0 Å². The Morgan fingerprint density at radius 2 is 1.85 bits per heavy atom. The highest BCUT2D eigenvalue weighted by atomic mass is 35.5. The van der Waals surface area contributed by atoms with Crippen LogP contribution in [0, 0.1) is 19.8 Å². The van der Waals surface area contributed by atoms with Crippen molar-refractivity contribution in [3.05, 3.63) is 22.9 Å². The normalized spacial score (nSPS) is 17.0. The van der Waals surface area contributed by atoms with Crippen LogP contribution in [-0.4, -0.2) is 42.6 Å². The summed E-state index contributed by atoms with van der Waals surface area (Å²) < 4.78 is 0. The predicted octanol–water partition coefficient (Wildman–Crippen LogP) is 3.22. The Labute approximate surface area is 127 Å². The first-order valence-corrected chi connectivity index (χ1v) is 8.05. The highest BCUT2D eigenvalue weighted by Crippen LogP contribution is 2.25. The Morgan fingerprint density at radius 1 is 1.20 bits per heavy atom. The molecule has 0 N–H and O–H groups in total. The van der Waals surface area contributed by atoms with Crippen LogP contribution in [0.2, 0.25) is 0 Å². The van der Waals surface area contributed by atoms with E-state index in [9.17, 15) is 0 Å². The van der Waals surface area contributed by atoms with Crippen molar-refractivity contribution in [2.24, 2.45) is 5.92 Å². The second-order valence-electron chi connectivity index (χ2n) is 6.20. The maximum atomic E-state index is 6.13. The van der Waals surface area contributed by atoms with Gasteiger partial charge in [0, 0.05) is 44.0 Å². The van der Waals surface area contributed by atoms with E-state index >= 15 is 0 Å². The molecule has 1 saturated heterocycles. The number of hydrogen-bond acceptors (Lipinski definition) is 3. The molecule has 1 aromatic rings. The molecule has 3 nitrogen and oxygen atoms in total. The van der Waals surface area contributed by atoms with E-state index in [1.807, 2.05) is 0 Å². The molecule has 2 rings (SSSR count). The highest BCUT2D eigenvalue weighted by molar-refractivity contribution is 6.17. The third-order valence-electron chi connectivity index (χ3n) is 3.88. The van der Waals surface area contributed by atoms with Gasteiger partial charge in [-0.3, -0.25) is 4.90 Å². The van der Waals surface area contributed by atoms with Crippen molar-refractivity contribution in [3.63, 3.8) is 0 Å². The fourth-order valence-electron chi connectivity index (χ4n) is 2.93. The van der Waals surface area contributed by atoms with Crippen LogP contribution in [-0.2, 0) is 5.88 Å². The molecule has 1 aliphatic heterocycles. The van der Waals surface area contributed by atoms with Crippen LogP contribution in [0.4, 0.5) is 5.82 Å². The van der Waals surface area contributed by atoms with Gasteiger partial charge in [0.05, 0.1) is 5.88 Å². The van der Waals surface area contributed by atoms with E-state index in [0.717, 1.165) is 43.6 Å². The van der Waals surface area contributed by atoms with E-state index in [0.29, 0.717) is 5.88 Å². The summed E-state index contributed by atoms with van der Waals surface area (Å²) in [7, 11) is 0. The lowest BCUT2D eigenvalue weighted by molar-refractivity contribution is 0.231. The lowest BCUT2D eigenvalue weighted by Gasteiger charge is -2.37. The van der Waals surface area contributed by atoms with Gasteiger partial charge in [0.2, 0.25) is 0 Å². The molecule has 0 spiro atoms. The third kappa shape index (κ3) is 3.64. The fraction of sp³-hybridized carbons (Fsp3) is 0.688. The number of anilines is 1. The maximum absolute atomic E-state index is 6.13. The lowest BCUT2D eigenvalue weighted by atomic mass is 10.1. The van der Waals surface area contributed by atoms with E-state index in [1.165, 1.54) is 17.7 Å². The molecular weight excluding hydrogens is 270 g/mol. The van der Waals surface area contributed by atoms with Crippen molar-refractivity contribution in [1.82, 2.24) is 9.88 Å². The molecular formula is C16H26ClN3. The molecule has 0 atom stereocenters. The minimum absolute atomic E-state index is 0.542. The molecule has 1 aromatic heterocycles. The Bertz CT molecular complexity index is 451. The fourth-order valence-corrected chi connectivity index (χ4v) is 3.26. The van der Waals surface area contributed by atoms with E-state index in [-0.39, 0.29) is 0 Å². The van der Waals surface area contributed by atoms with Crippen molar-refractivity contribution in [2.45, 2.75) is 33.6 Å². The average molecular weight is 296 g/mol. The zero-order valence-corrected chi connectivity index (χ0v) is 13.9. The summed E-state index contributed by atoms with van der Waals surface area (Å²) >= 11 is 6.13. The van der Waals surface area contributed by atoms with Crippen molar-refractivity contribution >= 4 is 17.4 Å². The van der Waals surface area contributed by atoms with E-state index < -0.39 is 0 Å². The Hall–Kier alpha value is -0.800. The van der Waals surface area contributed by atoms with Crippen LogP contribution >= 0.6 is 11.6 Å². The van der Waals surface area contributed by atoms with Gasteiger partial charge in [0.1, 0.15) is 5.82 Å². The van der Waals surface area contributed by atoms with E-state index in [4.69, 9.17) is 16.6 Å². The van der Waals surface area contributed by atoms with Crippen molar-refractivity contribution in [1.29, 1.82) is 0 Å². The molecule has 0 radical (unpaired) electrons. The smallest absolute Gasteiger partial charge is 0.133 e. The van der Waals surface area contributed by atoms with Crippen LogP contribution < -0.4 is 4.90 Å². The van der Waals surface area contributed by atoms with E-state index in [1.54, 1.807) is 0 Å². The number of nitrogens with zero attached hydrogens (tertiary/aromatic N) is 3. The molecule has 1 fully saturated rings. The quantitative estimate of drug-likeness (QED) is 0.795. The molecule has 0 bridgehead atoms. The topological polar surface area (TPSA) is 19.4 Å². The van der Waals surface area contributed by atoms with Gasteiger partial charge < -0.3 is 4.90 Å². The summed E-state index contributed by atoms with van der Waals surface area (Å²) in [5.74, 6) is 2.38. The molecule has 112 valence electrons. The van der Waals surface area contributed by atoms with Gasteiger partial charge in [-0.05, 0) is 31.4 Å². The first-order chi connectivity index (χ1) is 9.51. The molecule has 2 heterocycles. The number of piperazine rings is 1. The molecule has 0 saturated carbocycles. The first-order valence-electron chi connectivity index (χ1n) is 7.51. The largest absolute Gasteiger partial charge is 0.354 e. The Kier molecular flexibility index (Phi) is 5.28. The molecule has 1 aliphatic rings. The van der Waals surface area contributed by atoms with Crippen LogP contribution in [0.25, 0.3) is 0 Å². The summed E-state index contributed by atoms with van der Waals surface area (Å²) in [5.41, 5.74) is 3.53. The summed E-state index contributed by atoms with van der Waals surface area (Å²) in [6.07, 6.45) is 0. The Morgan fingerprint density at radius 3 is 2.40 bits per heavy atom. The van der Waals surface area contributed by atoms with Gasteiger partial charge >= 0.3 is 0 Å². The standard InChI is InChI=1S/C16H26ClN3/c1-12(2)11-19-5-7-20(8-6-19)16-15(10-17)13(3)9-14(4)18-16/h9,12H,5-8,10-11H2,1-4H3. The van der Waals surface area contributed by atoms with Crippen molar-refractivity contribution in [3.8, 4) is 0 Å². The van der Waals surface area contributed by atoms with Crippen LogP contribution in [0.3, 0.4) is 0 Å². The minimum Gasteiger partial charge on any atom is -0.354 e. The van der Waals surface area contributed by atoms with Crippen LogP contribution in [0.15, 0.2) is 6.07 Å². The van der Waals surface area contributed by atoms with Gasteiger partial charge in [-0.1, -0.05) is 13.8 Å². The number of pyridine rings is 1. The number of alkyl halides is 1. The summed E-state index contributed by atoms with van der Waals surface area (Å²) in [4.78, 5) is 9.68. The number of hydrogen-bond donors (Lipinski definition) is 0. The van der Waals surface area contributed by atoms with Crippen molar-refractivity contribution < 1.29 is 0 Å². The molecule has 0 unspecified atom stereocenters. The van der Waals surface area contributed by atoms with Crippen molar-refractivity contribution in [2.75, 3.05) is 37.6 Å². The number of rotatable bonds is 4. The summed E-state index contributed by atoms with van der Waals surface area (Å²) in [6, 6.07) is 2.12. The zero-order valence-electron chi connectivity index (χ0n) is 13.1. The molecule has 0 aromatic carbocycles. The molecule has 0 aliphatic carbocycles. The average Bonchev–Trinajstić information content (AvgIpc) is 2.38. The lowest BCUT2D eigenvalue weighted by Crippen LogP contribution is -2.48. The maximum Gasteiger partial charge on any atom is 0.133 e. The van der Waals surface area contributed by atoms with Gasteiger partial charge in [-0.15, -0.1) is 11.6 Å². The van der Waals surface area contributed by atoms with E-state index in [2.05, 4.69) is 43.6 Å². The highest BCUT2D eigenvalue weighted by Gasteiger charge is 2.21. The predicted molar refractivity (Wildman–Crippen MR) is 86.8 cm³/mol. The zero-order chi connectivity index (χ0) is 14.7. The first kappa shape index (κ1) is 15.6.